The molecule has 2 aromatic carbocycles. The molecule has 0 fully saturated rings. The number of aromatic nitrogens is 1. The fourth-order valence-corrected chi connectivity index (χ4v) is 4.61. The van der Waals surface area contributed by atoms with Gasteiger partial charge in [-0.3, -0.25) is 0 Å². The van der Waals surface area contributed by atoms with Gasteiger partial charge in [0.1, 0.15) is 18.1 Å². The predicted octanol–water partition coefficient (Wildman–Crippen LogP) is 4.87. The van der Waals surface area contributed by atoms with E-state index in [-0.39, 0.29) is 17.5 Å². The molecule has 3 aromatic rings. The van der Waals surface area contributed by atoms with Crippen LogP contribution in [-0.4, -0.2) is 30.7 Å². The average Bonchev–Trinajstić information content (AvgIpc) is 2.79. The third kappa shape index (κ3) is 3.95. The van der Waals surface area contributed by atoms with E-state index in [4.69, 9.17) is 4.74 Å². The van der Waals surface area contributed by atoms with Crippen molar-refractivity contribution in [3.8, 4) is 17.0 Å². The van der Waals surface area contributed by atoms with E-state index in [1.807, 2.05) is 13.8 Å². The van der Waals surface area contributed by atoms with Crippen molar-refractivity contribution in [3.05, 3.63) is 76.5 Å². The Bertz CT molecular complexity index is 1160. The molecule has 166 valence electrons. The van der Waals surface area contributed by atoms with E-state index in [9.17, 15) is 8.78 Å². The molecule has 2 aliphatic heterocycles. The molecule has 5 rings (SSSR count). The summed E-state index contributed by atoms with van der Waals surface area (Å²) in [4.78, 5) is 6.67. The largest absolute Gasteiger partial charge is 0.486 e. The number of nitrogens with one attached hydrogen (secondary N) is 1. The Balaban J connectivity index is 1.49. The molecule has 1 N–H and O–H groups in total. The first-order valence-electron chi connectivity index (χ1n) is 11.2. The van der Waals surface area contributed by atoms with Gasteiger partial charge >= 0.3 is 0 Å². The van der Waals surface area contributed by atoms with Gasteiger partial charge in [0, 0.05) is 30.3 Å². The minimum atomic E-state index is -0.489. The lowest BCUT2D eigenvalue weighted by Gasteiger charge is -2.34. The predicted molar refractivity (Wildman–Crippen MR) is 122 cm³/mol. The number of hydrogen-bond acceptors (Lipinski definition) is 4. The minimum absolute atomic E-state index is 0.165. The van der Waals surface area contributed by atoms with Crippen LogP contribution < -0.4 is 15.0 Å². The lowest BCUT2D eigenvalue weighted by atomic mass is 9.96. The van der Waals surface area contributed by atoms with Gasteiger partial charge < -0.3 is 15.0 Å². The molecule has 0 amide bonds. The summed E-state index contributed by atoms with van der Waals surface area (Å²) in [6.45, 7) is 7.07. The molecule has 0 unspecified atom stereocenters. The number of hydrogen-bond donors (Lipinski definition) is 1. The number of rotatable bonds is 4. The van der Waals surface area contributed by atoms with E-state index in [1.165, 1.54) is 23.3 Å². The highest BCUT2D eigenvalue weighted by Crippen LogP contribution is 2.39. The standard InChI is InChI=1S/C26H27F2N3O/c1-16(2)31-9-10-32-26-23(28)13-19(14-24(26)31)25-22(27)6-5-21(30-25)12-17-3-4-18-7-8-29-15-20(18)11-17/h3-6,11,13-14,16,29H,7-10,12,15H2,1-2H3. The molecule has 0 bridgehead atoms. The van der Waals surface area contributed by atoms with Crippen LogP contribution >= 0.6 is 0 Å². The van der Waals surface area contributed by atoms with Crippen LogP contribution in [0.25, 0.3) is 11.3 Å². The van der Waals surface area contributed by atoms with Gasteiger partial charge in [0.2, 0.25) is 0 Å². The summed E-state index contributed by atoms with van der Waals surface area (Å²) in [6, 6.07) is 12.9. The minimum Gasteiger partial charge on any atom is -0.486 e. The fraction of sp³-hybridized carbons (Fsp3) is 0.346. The number of nitrogens with zero attached hydrogens (tertiary/aromatic N) is 2. The zero-order valence-corrected chi connectivity index (χ0v) is 18.4. The van der Waals surface area contributed by atoms with Gasteiger partial charge in [0.25, 0.3) is 0 Å². The van der Waals surface area contributed by atoms with Crippen molar-refractivity contribution in [3.63, 3.8) is 0 Å². The smallest absolute Gasteiger partial charge is 0.178 e. The van der Waals surface area contributed by atoms with Crippen molar-refractivity contribution in [2.45, 2.75) is 39.3 Å². The number of fused-ring (bicyclic) bond motifs is 2. The Morgan fingerprint density at radius 3 is 2.78 bits per heavy atom. The number of halogens is 2. The molecular weight excluding hydrogens is 408 g/mol. The topological polar surface area (TPSA) is 37.4 Å². The molecule has 32 heavy (non-hydrogen) atoms. The Labute approximate surface area is 187 Å². The zero-order chi connectivity index (χ0) is 22.2. The highest BCUT2D eigenvalue weighted by atomic mass is 19.1. The van der Waals surface area contributed by atoms with E-state index in [0.29, 0.717) is 30.8 Å². The average molecular weight is 436 g/mol. The first-order valence-corrected chi connectivity index (χ1v) is 11.2. The van der Waals surface area contributed by atoms with Crippen LogP contribution in [0.15, 0.2) is 42.5 Å². The monoisotopic (exact) mass is 435 g/mol. The van der Waals surface area contributed by atoms with Crippen molar-refractivity contribution in [1.29, 1.82) is 0 Å². The molecule has 0 radical (unpaired) electrons. The molecule has 2 aliphatic rings. The molecule has 0 atom stereocenters. The molecule has 0 saturated heterocycles. The van der Waals surface area contributed by atoms with Crippen LogP contribution in [0.5, 0.6) is 5.75 Å². The quantitative estimate of drug-likeness (QED) is 0.635. The normalized spacial score (nSPS) is 15.3. The van der Waals surface area contributed by atoms with Crippen molar-refractivity contribution < 1.29 is 13.5 Å². The van der Waals surface area contributed by atoms with Crippen LogP contribution in [0.2, 0.25) is 0 Å². The van der Waals surface area contributed by atoms with Crippen molar-refractivity contribution in [2.24, 2.45) is 0 Å². The summed E-state index contributed by atoms with van der Waals surface area (Å²) >= 11 is 0. The third-order valence-electron chi connectivity index (χ3n) is 6.25. The summed E-state index contributed by atoms with van der Waals surface area (Å²) < 4.78 is 35.3. The third-order valence-corrected chi connectivity index (χ3v) is 6.25. The van der Waals surface area contributed by atoms with E-state index in [1.54, 1.807) is 12.1 Å². The summed E-state index contributed by atoms with van der Waals surface area (Å²) in [7, 11) is 0. The number of ether oxygens (including phenoxy) is 1. The zero-order valence-electron chi connectivity index (χ0n) is 18.4. The molecule has 0 aliphatic carbocycles. The summed E-state index contributed by atoms with van der Waals surface area (Å²) in [5, 5.41) is 3.40. The summed E-state index contributed by atoms with van der Waals surface area (Å²) in [6.07, 6.45) is 1.63. The van der Waals surface area contributed by atoms with Crippen LogP contribution in [0.1, 0.15) is 36.2 Å². The molecule has 3 heterocycles. The highest BCUT2D eigenvalue weighted by Gasteiger charge is 2.25. The van der Waals surface area contributed by atoms with Gasteiger partial charge in [-0.15, -0.1) is 0 Å². The first kappa shape index (κ1) is 20.9. The second-order valence-electron chi connectivity index (χ2n) is 8.78. The van der Waals surface area contributed by atoms with Gasteiger partial charge in [0.05, 0.1) is 12.2 Å². The molecular formula is C26H27F2N3O. The Kier molecular flexibility index (Phi) is 5.55. The van der Waals surface area contributed by atoms with E-state index < -0.39 is 11.6 Å². The van der Waals surface area contributed by atoms with Crippen LogP contribution in [-0.2, 0) is 19.4 Å². The highest BCUT2D eigenvalue weighted by molar-refractivity contribution is 5.72. The van der Waals surface area contributed by atoms with Crippen molar-refractivity contribution >= 4 is 5.69 Å². The van der Waals surface area contributed by atoms with Crippen LogP contribution in [0.3, 0.4) is 0 Å². The molecule has 1 aromatic heterocycles. The molecule has 0 saturated carbocycles. The van der Waals surface area contributed by atoms with Gasteiger partial charge in [-0.05, 0) is 67.8 Å². The maximum Gasteiger partial charge on any atom is 0.178 e. The van der Waals surface area contributed by atoms with Crippen LogP contribution in [0, 0.1) is 11.6 Å². The Morgan fingerprint density at radius 1 is 1.06 bits per heavy atom. The first-order chi connectivity index (χ1) is 15.5. The maximum absolute atomic E-state index is 14.9. The van der Waals surface area contributed by atoms with Crippen molar-refractivity contribution in [1.82, 2.24) is 10.3 Å². The molecule has 6 heteroatoms. The molecule has 0 spiro atoms. The Hall–Kier alpha value is -2.99. The van der Waals surface area contributed by atoms with Gasteiger partial charge in [-0.25, -0.2) is 13.8 Å². The lowest BCUT2D eigenvalue weighted by Crippen LogP contribution is -2.38. The van der Waals surface area contributed by atoms with E-state index >= 15 is 0 Å². The number of benzene rings is 2. The summed E-state index contributed by atoms with van der Waals surface area (Å²) in [5.74, 6) is -0.722. The van der Waals surface area contributed by atoms with Crippen LogP contribution in [0.4, 0.5) is 14.5 Å². The van der Waals surface area contributed by atoms with E-state index in [2.05, 4.69) is 33.4 Å². The molecule has 4 nitrogen and oxygen atoms in total. The van der Waals surface area contributed by atoms with Gasteiger partial charge in [0.15, 0.2) is 11.6 Å². The number of pyridine rings is 1. The number of anilines is 1. The second kappa shape index (κ2) is 8.51. The van der Waals surface area contributed by atoms with Crippen molar-refractivity contribution in [2.75, 3.05) is 24.6 Å². The SMILES string of the molecule is CC(C)N1CCOc2c(F)cc(-c3nc(Cc4ccc5c(c4)CNCC5)ccc3F)cc21. The fourth-order valence-electron chi connectivity index (χ4n) is 4.61. The van der Waals surface area contributed by atoms with E-state index in [0.717, 1.165) is 30.8 Å². The van der Waals surface area contributed by atoms with Gasteiger partial charge in [-0.1, -0.05) is 18.2 Å². The maximum atomic E-state index is 14.9. The Morgan fingerprint density at radius 2 is 1.94 bits per heavy atom. The summed E-state index contributed by atoms with van der Waals surface area (Å²) in [5.41, 5.74) is 5.80. The van der Waals surface area contributed by atoms with Gasteiger partial charge in [-0.2, -0.15) is 0 Å². The lowest BCUT2D eigenvalue weighted by molar-refractivity contribution is 0.287. The second-order valence-corrected chi connectivity index (χ2v) is 8.78.